The Morgan fingerprint density at radius 2 is 1.96 bits per heavy atom. The van der Waals surface area contributed by atoms with Gasteiger partial charge in [0.2, 0.25) is 11.9 Å². The molecule has 6 nitrogen and oxygen atoms in total. The fourth-order valence-corrected chi connectivity index (χ4v) is 2.95. The summed E-state index contributed by atoms with van der Waals surface area (Å²) in [6.07, 6.45) is -2.38. The highest BCUT2D eigenvalue weighted by Crippen LogP contribution is 2.39. The molecule has 24 heavy (non-hydrogen) atoms. The Morgan fingerprint density at radius 3 is 2.54 bits per heavy atom. The summed E-state index contributed by atoms with van der Waals surface area (Å²) in [6, 6.07) is 4.58. The number of halogens is 3. The van der Waals surface area contributed by atoms with Gasteiger partial charge in [-0.15, -0.1) is 10.2 Å². The van der Waals surface area contributed by atoms with Gasteiger partial charge in [-0.1, -0.05) is 11.8 Å². The standard InChI is InChI=1S/C14H14F3N5OS/c15-14(16,17)8-1-3-9(4-2-8)19-11(23)7-24-13-21-20-12(18)22(13)10-5-6-10/h1-4,10H,5-7H2,(H2,18,20)(H,19,23). The number of nitrogens with two attached hydrogens (primary N) is 1. The molecule has 1 saturated carbocycles. The van der Waals surface area contributed by atoms with Crippen LogP contribution in [0.4, 0.5) is 24.8 Å². The van der Waals surface area contributed by atoms with Crippen LogP contribution >= 0.6 is 11.8 Å². The average Bonchev–Trinajstić information content (AvgIpc) is 3.28. The maximum atomic E-state index is 12.5. The zero-order valence-electron chi connectivity index (χ0n) is 12.4. The molecule has 0 saturated heterocycles. The van der Waals surface area contributed by atoms with Crippen molar-refractivity contribution in [2.24, 2.45) is 0 Å². The Kier molecular flexibility index (Phi) is 4.39. The second-order valence-corrected chi connectivity index (χ2v) is 6.30. The topological polar surface area (TPSA) is 85.8 Å². The molecule has 1 heterocycles. The fraction of sp³-hybridized carbons (Fsp3) is 0.357. The second kappa shape index (κ2) is 6.34. The number of carbonyl (C=O) groups excluding carboxylic acids is 1. The van der Waals surface area contributed by atoms with E-state index in [2.05, 4.69) is 15.5 Å². The van der Waals surface area contributed by atoms with E-state index >= 15 is 0 Å². The lowest BCUT2D eigenvalue weighted by Gasteiger charge is -2.09. The van der Waals surface area contributed by atoms with Crippen molar-refractivity contribution in [2.45, 2.75) is 30.2 Å². The molecule has 0 bridgehead atoms. The fourth-order valence-electron chi connectivity index (χ4n) is 2.13. The Balaban J connectivity index is 1.56. The number of carbonyl (C=O) groups is 1. The van der Waals surface area contributed by atoms with Crippen molar-refractivity contribution in [3.63, 3.8) is 0 Å². The maximum absolute atomic E-state index is 12.5. The predicted molar refractivity (Wildman–Crippen MR) is 83.5 cm³/mol. The normalized spacial score (nSPS) is 14.6. The molecule has 3 N–H and O–H groups in total. The molecule has 128 valence electrons. The summed E-state index contributed by atoms with van der Waals surface area (Å²) in [5.74, 6) is 0.0399. The number of nitrogens with one attached hydrogen (secondary N) is 1. The van der Waals surface area contributed by atoms with Crippen molar-refractivity contribution in [1.29, 1.82) is 0 Å². The van der Waals surface area contributed by atoms with Crippen LogP contribution in [0.3, 0.4) is 0 Å². The van der Waals surface area contributed by atoms with Gasteiger partial charge in [0, 0.05) is 11.7 Å². The van der Waals surface area contributed by atoms with Crippen molar-refractivity contribution >= 4 is 29.3 Å². The number of rotatable bonds is 5. The van der Waals surface area contributed by atoms with Crippen molar-refractivity contribution in [1.82, 2.24) is 14.8 Å². The summed E-state index contributed by atoms with van der Waals surface area (Å²) in [5, 5.41) is 10.9. The molecule has 1 aliphatic carbocycles. The number of hydrogen-bond donors (Lipinski definition) is 2. The van der Waals surface area contributed by atoms with Gasteiger partial charge in [0.05, 0.1) is 11.3 Å². The lowest BCUT2D eigenvalue weighted by molar-refractivity contribution is -0.137. The smallest absolute Gasteiger partial charge is 0.368 e. The van der Waals surface area contributed by atoms with E-state index < -0.39 is 11.7 Å². The molecule has 1 amide bonds. The third-order valence-electron chi connectivity index (χ3n) is 3.43. The third-order valence-corrected chi connectivity index (χ3v) is 4.37. The molecule has 0 atom stereocenters. The summed E-state index contributed by atoms with van der Waals surface area (Å²) >= 11 is 1.19. The molecule has 2 aromatic rings. The minimum atomic E-state index is -4.40. The van der Waals surface area contributed by atoms with Crippen LogP contribution in [0.25, 0.3) is 0 Å². The number of anilines is 2. The van der Waals surface area contributed by atoms with Gasteiger partial charge >= 0.3 is 6.18 Å². The van der Waals surface area contributed by atoms with Crippen molar-refractivity contribution < 1.29 is 18.0 Å². The number of benzene rings is 1. The van der Waals surface area contributed by atoms with Crippen LogP contribution in [0, 0.1) is 0 Å². The van der Waals surface area contributed by atoms with Crippen LogP contribution in [0.5, 0.6) is 0 Å². The molecule has 1 aromatic heterocycles. The van der Waals surface area contributed by atoms with Gasteiger partial charge in [-0.05, 0) is 37.1 Å². The van der Waals surface area contributed by atoms with E-state index in [0.717, 1.165) is 25.0 Å². The Morgan fingerprint density at radius 1 is 1.29 bits per heavy atom. The van der Waals surface area contributed by atoms with Crippen LogP contribution in [0.15, 0.2) is 29.4 Å². The lowest BCUT2D eigenvalue weighted by atomic mass is 10.2. The van der Waals surface area contributed by atoms with Gasteiger partial charge in [0.15, 0.2) is 5.16 Å². The van der Waals surface area contributed by atoms with Crippen LogP contribution in [-0.4, -0.2) is 26.4 Å². The van der Waals surface area contributed by atoms with Crippen molar-refractivity contribution in [3.05, 3.63) is 29.8 Å². The van der Waals surface area contributed by atoms with Gasteiger partial charge < -0.3 is 11.1 Å². The van der Waals surface area contributed by atoms with E-state index in [1.165, 1.54) is 23.9 Å². The number of thioether (sulfide) groups is 1. The van der Waals surface area contributed by atoms with Gasteiger partial charge in [-0.2, -0.15) is 13.2 Å². The summed E-state index contributed by atoms with van der Waals surface area (Å²) in [7, 11) is 0. The number of alkyl halides is 3. The Bertz CT molecular complexity index is 740. The number of hydrogen-bond acceptors (Lipinski definition) is 5. The molecule has 1 aliphatic rings. The minimum Gasteiger partial charge on any atom is -0.368 e. The SMILES string of the molecule is Nc1nnc(SCC(=O)Nc2ccc(C(F)(F)F)cc2)n1C1CC1. The molecule has 0 radical (unpaired) electrons. The average molecular weight is 357 g/mol. The highest BCUT2D eigenvalue weighted by atomic mass is 32.2. The van der Waals surface area contributed by atoms with Crippen molar-refractivity contribution in [2.75, 3.05) is 16.8 Å². The predicted octanol–water partition coefficient (Wildman–Crippen LogP) is 2.94. The number of amides is 1. The maximum Gasteiger partial charge on any atom is 0.416 e. The van der Waals surface area contributed by atoms with Crippen LogP contribution in [0.1, 0.15) is 24.4 Å². The van der Waals surface area contributed by atoms with E-state index in [1.54, 1.807) is 4.57 Å². The highest BCUT2D eigenvalue weighted by Gasteiger charge is 2.30. The first kappa shape index (κ1) is 16.6. The molecule has 3 rings (SSSR count). The van der Waals surface area contributed by atoms with Crippen LogP contribution in [0.2, 0.25) is 0 Å². The highest BCUT2D eigenvalue weighted by molar-refractivity contribution is 7.99. The van der Waals surface area contributed by atoms with E-state index in [4.69, 9.17) is 5.73 Å². The third kappa shape index (κ3) is 3.81. The Hall–Kier alpha value is -2.23. The summed E-state index contributed by atoms with van der Waals surface area (Å²) in [6.45, 7) is 0. The van der Waals surface area contributed by atoms with E-state index in [9.17, 15) is 18.0 Å². The molecule has 0 aliphatic heterocycles. The first-order valence-electron chi connectivity index (χ1n) is 7.15. The minimum absolute atomic E-state index is 0.0614. The van der Waals surface area contributed by atoms with Gasteiger partial charge in [-0.3, -0.25) is 9.36 Å². The summed E-state index contributed by atoms with van der Waals surface area (Å²) in [4.78, 5) is 11.9. The van der Waals surface area contributed by atoms with Gasteiger partial charge in [0.1, 0.15) is 0 Å². The number of aromatic nitrogens is 3. The van der Waals surface area contributed by atoms with Crippen LogP contribution < -0.4 is 11.1 Å². The molecule has 0 spiro atoms. The summed E-state index contributed by atoms with van der Waals surface area (Å²) < 4.78 is 39.3. The van der Waals surface area contributed by atoms with Crippen LogP contribution in [-0.2, 0) is 11.0 Å². The zero-order valence-corrected chi connectivity index (χ0v) is 13.2. The zero-order chi connectivity index (χ0) is 17.3. The first-order chi connectivity index (χ1) is 11.3. The Labute approximate surface area is 139 Å². The van der Waals surface area contributed by atoms with Crippen molar-refractivity contribution in [3.8, 4) is 0 Å². The molecule has 10 heteroatoms. The van der Waals surface area contributed by atoms with E-state index in [1.807, 2.05) is 0 Å². The van der Waals surface area contributed by atoms with E-state index in [-0.39, 0.29) is 11.7 Å². The van der Waals surface area contributed by atoms with Gasteiger partial charge in [-0.25, -0.2) is 0 Å². The molecular formula is C14H14F3N5OS. The quantitative estimate of drug-likeness (QED) is 0.804. The first-order valence-corrected chi connectivity index (χ1v) is 8.13. The second-order valence-electron chi connectivity index (χ2n) is 5.35. The number of nitrogen functional groups attached to an aromatic ring is 1. The monoisotopic (exact) mass is 357 g/mol. The summed E-state index contributed by atoms with van der Waals surface area (Å²) in [5.41, 5.74) is 5.29. The molecule has 1 fully saturated rings. The van der Waals surface area contributed by atoms with Gasteiger partial charge in [0.25, 0.3) is 0 Å². The number of nitrogens with zero attached hydrogens (tertiary/aromatic N) is 3. The largest absolute Gasteiger partial charge is 0.416 e. The molecule has 1 aromatic carbocycles. The van der Waals surface area contributed by atoms with E-state index in [0.29, 0.717) is 22.8 Å². The molecule has 0 unspecified atom stereocenters. The molecular weight excluding hydrogens is 343 g/mol. The lowest BCUT2D eigenvalue weighted by Crippen LogP contribution is -2.15.